The van der Waals surface area contributed by atoms with Crippen molar-refractivity contribution in [1.29, 1.82) is 0 Å². The fourth-order valence-corrected chi connectivity index (χ4v) is 3.40. The number of ketones is 1. The molecule has 1 rings (SSSR count). The van der Waals surface area contributed by atoms with Crippen molar-refractivity contribution >= 4 is 29.3 Å². The third-order valence-corrected chi connectivity index (χ3v) is 4.34. The maximum Gasteiger partial charge on any atom is 0.490 e. The van der Waals surface area contributed by atoms with Gasteiger partial charge in [0, 0.05) is 5.03 Å². The predicted molar refractivity (Wildman–Crippen MR) is 82.6 cm³/mol. The highest BCUT2D eigenvalue weighted by Crippen LogP contribution is 2.45. The molecule has 1 aliphatic carbocycles. The maximum absolute atomic E-state index is 12.8. The highest BCUT2D eigenvalue weighted by atomic mass is 35.5. The molecule has 0 N–H and O–H groups in total. The van der Waals surface area contributed by atoms with E-state index in [2.05, 4.69) is 9.47 Å². The standard InChI is InChI=1S/C16H20ClF3O5/c1-5-6-9(25-14(23)16(18,19)20)10-8(17)7-15(2,3)11(12(10)21)13(22)24-4/h9,11H,5-7H2,1-4H3/t9-,11-/m1/s1. The van der Waals surface area contributed by atoms with Gasteiger partial charge < -0.3 is 9.47 Å². The lowest BCUT2D eigenvalue weighted by molar-refractivity contribution is -0.203. The Kier molecular flexibility index (Phi) is 6.67. The molecule has 0 bridgehead atoms. The third kappa shape index (κ3) is 4.74. The van der Waals surface area contributed by atoms with Crippen molar-refractivity contribution in [3.8, 4) is 0 Å². The van der Waals surface area contributed by atoms with Gasteiger partial charge in [0.2, 0.25) is 0 Å². The van der Waals surface area contributed by atoms with Crippen LogP contribution >= 0.6 is 11.6 Å². The molecule has 0 heterocycles. The summed E-state index contributed by atoms with van der Waals surface area (Å²) in [6, 6.07) is 0. The Morgan fingerprint density at radius 3 is 2.36 bits per heavy atom. The van der Waals surface area contributed by atoms with Gasteiger partial charge in [-0.05, 0) is 18.3 Å². The second kappa shape index (κ2) is 7.76. The van der Waals surface area contributed by atoms with Crippen LogP contribution < -0.4 is 0 Å². The van der Waals surface area contributed by atoms with Gasteiger partial charge in [0.1, 0.15) is 12.0 Å². The van der Waals surface area contributed by atoms with E-state index in [1.807, 2.05) is 0 Å². The number of halogens is 4. The SMILES string of the molecule is CCC[C@@H](OC(=O)C(F)(F)F)C1=C(Cl)CC(C)(C)[C@@H](C(=O)OC)C1=O. The Bertz CT molecular complexity index is 595. The Morgan fingerprint density at radius 2 is 1.92 bits per heavy atom. The van der Waals surface area contributed by atoms with Crippen LogP contribution in [0.2, 0.25) is 0 Å². The van der Waals surface area contributed by atoms with E-state index in [9.17, 15) is 27.6 Å². The molecular formula is C16H20ClF3O5. The fourth-order valence-electron chi connectivity index (χ4n) is 2.84. The van der Waals surface area contributed by atoms with E-state index in [0.717, 1.165) is 7.11 Å². The summed E-state index contributed by atoms with van der Waals surface area (Å²) in [5.74, 6) is -5.23. The van der Waals surface area contributed by atoms with Crippen LogP contribution in [0.1, 0.15) is 40.0 Å². The van der Waals surface area contributed by atoms with Gasteiger partial charge in [0.05, 0.1) is 12.7 Å². The smallest absolute Gasteiger partial charge is 0.468 e. The summed E-state index contributed by atoms with van der Waals surface area (Å²) >= 11 is 6.14. The lowest BCUT2D eigenvalue weighted by atomic mass is 9.67. The number of carbonyl (C=O) groups is 3. The monoisotopic (exact) mass is 384 g/mol. The number of hydrogen-bond donors (Lipinski definition) is 0. The van der Waals surface area contributed by atoms with Crippen LogP contribution in [-0.2, 0) is 23.9 Å². The number of rotatable bonds is 5. The predicted octanol–water partition coefficient (Wildman–Crippen LogP) is 3.54. The van der Waals surface area contributed by atoms with Gasteiger partial charge in [-0.1, -0.05) is 38.8 Å². The first-order valence-corrected chi connectivity index (χ1v) is 8.03. The molecule has 0 aromatic rings. The Balaban J connectivity index is 3.30. The summed E-state index contributed by atoms with van der Waals surface area (Å²) in [4.78, 5) is 36.0. The number of hydrogen-bond acceptors (Lipinski definition) is 5. The second-order valence-electron chi connectivity index (χ2n) is 6.48. The molecule has 0 fully saturated rings. The average molecular weight is 385 g/mol. The molecule has 0 aromatic carbocycles. The van der Waals surface area contributed by atoms with Crippen molar-refractivity contribution in [3.05, 3.63) is 10.6 Å². The van der Waals surface area contributed by atoms with Crippen LogP contribution in [0.5, 0.6) is 0 Å². The van der Waals surface area contributed by atoms with Gasteiger partial charge in [-0.25, -0.2) is 4.79 Å². The first kappa shape index (κ1) is 21.5. The number of Topliss-reactive ketones (excluding diaryl/α,β-unsaturated/α-hetero) is 1. The number of alkyl halides is 3. The Hall–Kier alpha value is -1.57. The van der Waals surface area contributed by atoms with Gasteiger partial charge in [0.25, 0.3) is 0 Å². The summed E-state index contributed by atoms with van der Waals surface area (Å²) in [6.07, 6.45) is -6.30. The van der Waals surface area contributed by atoms with Crippen LogP contribution in [0.25, 0.3) is 0 Å². The molecule has 0 unspecified atom stereocenters. The van der Waals surface area contributed by atoms with Crippen molar-refractivity contribution < 1.29 is 37.0 Å². The fraction of sp³-hybridized carbons (Fsp3) is 0.688. The maximum atomic E-state index is 12.8. The summed E-state index contributed by atoms with van der Waals surface area (Å²) < 4.78 is 46.7. The molecule has 142 valence electrons. The molecule has 0 spiro atoms. The van der Waals surface area contributed by atoms with E-state index in [0.29, 0.717) is 6.42 Å². The molecule has 0 saturated heterocycles. The third-order valence-electron chi connectivity index (χ3n) is 4.00. The molecule has 25 heavy (non-hydrogen) atoms. The number of ether oxygens (including phenoxy) is 2. The molecule has 0 saturated carbocycles. The highest BCUT2D eigenvalue weighted by Gasteiger charge is 2.50. The van der Waals surface area contributed by atoms with Crippen molar-refractivity contribution in [3.63, 3.8) is 0 Å². The lowest BCUT2D eigenvalue weighted by Crippen LogP contribution is -2.45. The minimum atomic E-state index is -5.20. The van der Waals surface area contributed by atoms with Crippen molar-refractivity contribution in [2.75, 3.05) is 7.11 Å². The van der Waals surface area contributed by atoms with Crippen LogP contribution in [-0.4, -0.2) is 37.1 Å². The minimum Gasteiger partial charge on any atom is -0.468 e. The number of allylic oxidation sites excluding steroid dienone is 1. The van der Waals surface area contributed by atoms with E-state index in [-0.39, 0.29) is 23.4 Å². The van der Waals surface area contributed by atoms with Crippen LogP contribution in [0.15, 0.2) is 10.6 Å². The zero-order chi connectivity index (χ0) is 19.6. The first-order valence-electron chi connectivity index (χ1n) is 7.65. The van der Waals surface area contributed by atoms with Crippen LogP contribution in [0.4, 0.5) is 13.2 Å². The zero-order valence-corrected chi connectivity index (χ0v) is 15.1. The molecular weight excluding hydrogens is 365 g/mol. The van der Waals surface area contributed by atoms with E-state index in [4.69, 9.17) is 11.6 Å². The molecule has 9 heteroatoms. The summed E-state index contributed by atoms with van der Waals surface area (Å²) in [6.45, 7) is 4.91. The molecule has 0 amide bonds. The zero-order valence-electron chi connectivity index (χ0n) is 14.3. The van der Waals surface area contributed by atoms with Gasteiger partial charge in [0.15, 0.2) is 5.78 Å². The number of carbonyl (C=O) groups excluding carboxylic acids is 3. The molecule has 5 nitrogen and oxygen atoms in total. The van der Waals surface area contributed by atoms with Crippen molar-refractivity contribution in [2.45, 2.75) is 52.3 Å². The first-order chi connectivity index (χ1) is 11.4. The minimum absolute atomic E-state index is 0.0106. The Labute approximate surface area is 148 Å². The van der Waals surface area contributed by atoms with Gasteiger partial charge in [-0.2, -0.15) is 13.2 Å². The summed E-state index contributed by atoms with van der Waals surface area (Å²) in [5.41, 5.74) is -1.15. The largest absolute Gasteiger partial charge is 0.490 e. The molecule has 0 radical (unpaired) electrons. The normalized spacial score (nSPS) is 21.8. The number of esters is 2. The molecule has 0 aliphatic heterocycles. The quantitative estimate of drug-likeness (QED) is 0.535. The molecule has 2 atom stereocenters. The highest BCUT2D eigenvalue weighted by molar-refractivity contribution is 6.33. The van der Waals surface area contributed by atoms with E-state index in [1.54, 1.807) is 20.8 Å². The van der Waals surface area contributed by atoms with Crippen LogP contribution in [0.3, 0.4) is 0 Å². The van der Waals surface area contributed by atoms with Crippen molar-refractivity contribution in [2.24, 2.45) is 11.3 Å². The molecule has 0 aromatic heterocycles. The average Bonchev–Trinajstić information content (AvgIpc) is 2.44. The number of methoxy groups -OCH3 is 1. The van der Waals surface area contributed by atoms with E-state index >= 15 is 0 Å². The lowest BCUT2D eigenvalue weighted by Gasteiger charge is -2.38. The van der Waals surface area contributed by atoms with Crippen LogP contribution in [0, 0.1) is 11.3 Å². The van der Waals surface area contributed by atoms with E-state index < -0.39 is 41.3 Å². The Morgan fingerprint density at radius 1 is 1.36 bits per heavy atom. The molecule has 1 aliphatic rings. The van der Waals surface area contributed by atoms with Gasteiger partial charge in [-0.15, -0.1) is 0 Å². The van der Waals surface area contributed by atoms with Crippen molar-refractivity contribution in [1.82, 2.24) is 0 Å². The van der Waals surface area contributed by atoms with Gasteiger partial charge >= 0.3 is 18.1 Å². The summed E-state index contributed by atoms with van der Waals surface area (Å²) in [5, 5.41) is -0.0106. The second-order valence-corrected chi connectivity index (χ2v) is 6.94. The summed E-state index contributed by atoms with van der Waals surface area (Å²) in [7, 11) is 1.11. The van der Waals surface area contributed by atoms with E-state index in [1.165, 1.54) is 0 Å². The topological polar surface area (TPSA) is 69.7 Å². The van der Waals surface area contributed by atoms with Gasteiger partial charge in [-0.3, -0.25) is 9.59 Å².